The highest BCUT2D eigenvalue weighted by molar-refractivity contribution is 5.35. The van der Waals surface area contributed by atoms with Gasteiger partial charge in [-0.05, 0) is 33.2 Å². The summed E-state index contributed by atoms with van der Waals surface area (Å²) in [5.74, 6) is 1.74. The van der Waals surface area contributed by atoms with Crippen molar-refractivity contribution in [3.63, 3.8) is 0 Å². The highest BCUT2D eigenvalue weighted by atomic mass is 16.3. The van der Waals surface area contributed by atoms with Crippen LogP contribution in [0.5, 0.6) is 0 Å². The van der Waals surface area contributed by atoms with Gasteiger partial charge in [-0.1, -0.05) is 12.8 Å². The smallest absolute Gasteiger partial charge is 0.144 e. The Labute approximate surface area is 121 Å². The average molecular weight is 278 g/mol. The Hall–Kier alpha value is -1.20. The van der Waals surface area contributed by atoms with E-state index >= 15 is 0 Å². The zero-order valence-corrected chi connectivity index (χ0v) is 12.6. The second-order valence-corrected chi connectivity index (χ2v) is 5.50. The van der Waals surface area contributed by atoms with Crippen LogP contribution >= 0.6 is 0 Å². The van der Waals surface area contributed by atoms with Gasteiger partial charge in [0.1, 0.15) is 11.6 Å². The molecule has 112 valence electrons. The first kappa shape index (κ1) is 15.2. The molecule has 1 aliphatic rings. The van der Waals surface area contributed by atoms with Crippen molar-refractivity contribution in [3.8, 4) is 0 Å². The van der Waals surface area contributed by atoms with Crippen LogP contribution < -0.4 is 5.32 Å². The monoisotopic (exact) mass is 278 g/mol. The number of nitrogens with one attached hydrogen (secondary N) is 1. The van der Waals surface area contributed by atoms with Crippen LogP contribution in [0.2, 0.25) is 0 Å². The number of nitrogens with zero attached hydrogens (tertiary/aromatic N) is 3. The van der Waals surface area contributed by atoms with Crippen molar-refractivity contribution >= 4 is 5.82 Å². The third-order valence-electron chi connectivity index (χ3n) is 3.81. The van der Waals surface area contributed by atoms with Crippen LogP contribution in [0.4, 0.5) is 5.82 Å². The van der Waals surface area contributed by atoms with Crippen LogP contribution in [0.15, 0.2) is 6.07 Å². The zero-order valence-electron chi connectivity index (χ0n) is 12.6. The van der Waals surface area contributed by atoms with E-state index in [2.05, 4.69) is 27.1 Å². The maximum atomic E-state index is 9.56. The van der Waals surface area contributed by atoms with Gasteiger partial charge < -0.3 is 10.4 Å². The summed E-state index contributed by atoms with van der Waals surface area (Å²) < 4.78 is 0. The van der Waals surface area contributed by atoms with Crippen LogP contribution in [-0.2, 0) is 6.54 Å². The number of hydrogen-bond acceptors (Lipinski definition) is 5. The Bertz CT molecular complexity index is 424. The second-order valence-electron chi connectivity index (χ2n) is 5.50. The van der Waals surface area contributed by atoms with Crippen molar-refractivity contribution in [1.29, 1.82) is 0 Å². The Morgan fingerprint density at radius 2 is 2.20 bits per heavy atom. The number of likely N-dealkylation sites (tertiary alicyclic amines) is 1. The Kier molecular flexibility index (Phi) is 5.73. The molecule has 0 amide bonds. The summed E-state index contributed by atoms with van der Waals surface area (Å²) >= 11 is 0. The minimum atomic E-state index is 0.228. The lowest BCUT2D eigenvalue weighted by Gasteiger charge is -2.27. The number of aliphatic hydroxyl groups excluding tert-OH is 1. The number of aromatic nitrogens is 2. The molecule has 0 radical (unpaired) electrons. The molecule has 1 fully saturated rings. The largest absolute Gasteiger partial charge is 0.395 e. The molecule has 0 saturated carbocycles. The molecule has 2 rings (SSSR count). The molecule has 0 bridgehead atoms. The Morgan fingerprint density at radius 3 is 2.95 bits per heavy atom. The van der Waals surface area contributed by atoms with E-state index in [9.17, 15) is 5.11 Å². The van der Waals surface area contributed by atoms with Gasteiger partial charge >= 0.3 is 0 Å². The fraction of sp³-hybridized carbons (Fsp3) is 0.733. The van der Waals surface area contributed by atoms with Gasteiger partial charge in [0.05, 0.1) is 13.2 Å². The predicted molar refractivity (Wildman–Crippen MR) is 80.7 cm³/mol. The third kappa shape index (κ3) is 4.15. The summed E-state index contributed by atoms with van der Waals surface area (Å²) in [6.07, 6.45) is 4.73. The molecule has 5 heteroatoms. The molecule has 1 aromatic heterocycles. The maximum Gasteiger partial charge on any atom is 0.144 e. The van der Waals surface area contributed by atoms with E-state index in [-0.39, 0.29) is 12.6 Å². The van der Waals surface area contributed by atoms with Gasteiger partial charge in [-0.15, -0.1) is 0 Å². The van der Waals surface area contributed by atoms with E-state index in [0.29, 0.717) is 0 Å². The standard InChI is InChI=1S/C15H26N4O/c1-3-16-14-9-12(2)17-15(18-14)10-19-8-6-4-5-7-13(19)11-20/h9,13,20H,3-8,10-11H2,1-2H3,(H,16,17,18). The van der Waals surface area contributed by atoms with E-state index in [1.807, 2.05) is 13.0 Å². The van der Waals surface area contributed by atoms with Gasteiger partial charge in [0.2, 0.25) is 0 Å². The van der Waals surface area contributed by atoms with Crippen molar-refractivity contribution in [2.24, 2.45) is 0 Å². The quantitative estimate of drug-likeness (QED) is 0.862. The summed E-state index contributed by atoms with van der Waals surface area (Å²) in [6.45, 7) is 6.90. The van der Waals surface area contributed by atoms with Crippen LogP contribution in [0.25, 0.3) is 0 Å². The first-order chi connectivity index (χ1) is 9.72. The summed E-state index contributed by atoms with van der Waals surface area (Å²) in [5, 5.41) is 12.8. The first-order valence-electron chi connectivity index (χ1n) is 7.66. The van der Waals surface area contributed by atoms with Crippen LogP contribution in [0.3, 0.4) is 0 Å². The van der Waals surface area contributed by atoms with E-state index in [4.69, 9.17) is 0 Å². The molecule has 5 nitrogen and oxygen atoms in total. The van der Waals surface area contributed by atoms with Crippen molar-refractivity contribution in [1.82, 2.24) is 14.9 Å². The lowest BCUT2D eigenvalue weighted by atomic mass is 10.1. The molecular weight excluding hydrogens is 252 g/mol. The number of aliphatic hydroxyl groups is 1. The molecule has 1 saturated heterocycles. The highest BCUT2D eigenvalue weighted by Crippen LogP contribution is 2.18. The fourth-order valence-corrected chi connectivity index (χ4v) is 2.81. The summed E-state index contributed by atoms with van der Waals surface area (Å²) in [7, 11) is 0. The predicted octanol–water partition coefficient (Wildman–Crippen LogP) is 1.95. The fourth-order valence-electron chi connectivity index (χ4n) is 2.81. The summed E-state index contributed by atoms with van der Waals surface area (Å²) in [6, 6.07) is 2.23. The second kappa shape index (κ2) is 7.55. The zero-order chi connectivity index (χ0) is 14.4. The average Bonchev–Trinajstić information content (AvgIpc) is 2.63. The maximum absolute atomic E-state index is 9.56. The van der Waals surface area contributed by atoms with Crippen molar-refractivity contribution in [2.75, 3.05) is 25.0 Å². The van der Waals surface area contributed by atoms with Crippen LogP contribution in [0.1, 0.15) is 44.1 Å². The van der Waals surface area contributed by atoms with E-state index < -0.39 is 0 Å². The SMILES string of the molecule is CCNc1cc(C)nc(CN2CCCCCC2CO)n1. The van der Waals surface area contributed by atoms with Crippen LogP contribution in [0, 0.1) is 6.92 Å². The molecule has 0 spiro atoms. The lowest BCUT2D eigenvalue weighted by molar-refractivity contribution is 0.116. The summed E-state index contributed by atoms with van der Waals surface area (Å²) in [5.41, 5.74) is 0.987. The molecule has 20 heavy (non-hydrogen) atoms. The van der Waals surface area contributed by atoms with Crippen LogP contribution in [-0.4, -0.2) is 45.7 Å². The molecule has 0 aliphatic carbocycles. The molecule has 1 aromatic rings. The summed E-state index contributed by atoms with van der Waals surface area (Å²) in [4.78, 5) is 11.4. The Morgan fingerprint density at radius 1 is 1.35 bits per heavy atom. The van der Waals surface area contributed by atoms with Gasteiger partial charge in [-0.2, -0.15) is 0 Å². The topological polar surface area (TPSA) is 61.3 Å². The van der Waals surface area contributed by atoms with Gasteiger partial charge in [-0.3, -0.25) is 4.90 Å². The molecule has 2 heterocycles. The molecular formula is C15H26N4O. The first-order valence-corrected chi connectivity index (χ1v) is 7.66. The number of anilines is 1. The number of aryl methyl sites for hydroxylation is 1. The Balaban J connectivity index is 2.10. The molecule has 1 atom stereocenters. The number of hydrogen-bond donors (Lipinski definition) is 2. The van der Waals surface area contributed by atoms with Gasteiger partial charge in [0.25, 0.3) is 0 Å². The minimum absolute atomic E-state index is 0.228. The lowest BCUT2D eigenvalue weighted by Crippen LogP contribution is -2.37. The number of rotatable bonds is 5. The molecule has 0 aromatic carbocycles. The van der Waals surface area contributed by atoms with Crippen molar-refractivity contribution in [3.05, 3.63) is 17.6 Å². The molecule has 2 N–H and O–H groups in total. The van der Waals surface area contributed by atoms with Crippen molar-refractivity contribution in [2.45, 2.75) is 52.1 Å². The highest BCUT2D eigenvalue weighted by Gasteiger charge is 2.21. The molecule has 1 unspecified atom stereocenters. The van der Waals surface area contributed by atoms with E-state index in [0.717, 1.165) is 43.4 Å². The van der Waals surface area contributed by atoms with Crippen molar-refractivity contribution < 1.29 is 5.11 Å². The van der Waals surface area contributed by atoms with E-state index in [1.165, 1.54) is 19.3 Å². The van der Waals surface area contributed by atoms with Gasteiger partial charge in [0.15, 0.2) is 0 Å². The van der Waals surface area contributed by atoms with Gasteiger partial charge in [-0.25, -0.2) is 9.97 Å². The normalized spacial score (nSPS) is 20.6. The minimum Gasteiger partial charge on any atom is -0.395 e. The van der Waals surface area contributed by atoms with Gasteiger partial charge in [0, 0.05) is 24.3 Å². The molecule has 1 aliphatic heterocycles. The van der Waals surface area contributed by atoms with E-state index in [1.54, 1.807) is 0 Å². The third-order valence-corrected chi connectivity index (χ3v) is 3.81.